The number of halogens is 3. The molecule has 130 valence electrons. The van der Waals surface area contributed by atoms with Gasteiger partial charge in [0, 0.05) is 25.3 Å². The van der Waals surface area contributed by atoms with Crippen molar-refractivity contribution in [2.75, 3.05) is 31.5 Å². The van der Waals surface area contributed by atoms with Crippen molar-refractivity contribution in [3.63, 3.8) is 0 Å². The smallest absolute Gasteiger partial charge is 0.333 e. The van der Waals surface area contributed by atoms with E-state index in [2.05, 4.69) is 5.32 Å². The zero-order chi connectivity index (χ0) is 17.9. The normalized spacial score (nSPS) is 15.7. The molecule has 0 radical (unpaired) electrons. The molecule has 6 nitrogen and oxygen atoms in total. The Morgan fingerprint density at radius 2 is 1.79 bits per heavy atom. The Morgan fingerprint density at radius 3 is 2.42 bits per heavy atom. The summed E-state index contributed by atoms with van der Waals surface area (Å²) in [6, 6.07) is 4.18. The SMILES string of the molecule is CCN1CCN(CC(=O)Nc2cccc(C(F)(F)F)c2)C(=O)C1=O. The first-order valence-electron chi connectivity index (χ1n) is 7.27. The summed E-state index contributed by atoms with van der Waals surface area (Å²) in [5.41, 5.74) is -0.913. The Hall–Kier alpha value is -2.58. The number of carbonyl (C=O) groups excluding carboxylic acids is 3. The molecule has 1 N–H and O–H groups in total. The Labute approximate surface area is 136 Å². The Kier molecular flexibility index (Phi) is 5.10. The summed E-state index contributed by atoms with van der Waals surface area (Å²) in [7, 11) is 0. The first-order valence-corrected chi connectivity index (χ1v) is 7.27. The lowest BCUT2D eigenvalue weighted by atomic mass is 10.2. The number of amides is 3. The zero-order valence-corrected chi connectivity index (χ0v) is 12.9. The van der Waals surface area contributed by atoms with E-state index < -0.39 is 36.0 Å². The van der Waals surface area contributed by atoms with Crippen molar-refractivity contribution in [3.05, 3.63) is 29.8 Å². The van der Waals surface area contributed by atoms with Gasteiger partial charge in [-0.15, -0.1) is 0 Å². The van der Waals surface area contributed by atoms with Crippen molar-refractivity contribution in [1.82, 2.24) is 9.80 Å². The number of likely N-dealkylation sites (N-methyl/N-ethyl adjacent to an activating group) is 1. The van der Waals surface area contributed by atoms with Gasteiger partial charge in [0.2, 0.25) is 5.91 Å². The Balaban J connectivity index is 1.99. The first kappa shape index (κ1) is 17.8. The summed E-state index contributed by atoms with van der Waals surface area (Å²) in [5, 5.41) is 2.30. The quantitative estimate of drug-likeness (QED) is 0.839. The second kappa shape index (κ2) is 6.90. The molecule has 1 aliphatic rings. The van der Waals surface area contributed by atoms with Crippen LogP contribution in [0.2, 0.25) is 0 Å². The molecule has 0 unspecified atom stereocenters. The lowest BCUT2D eigenvalue weighted by Gasteiger charge is -2.32. The predicted molar refractivity (Wildman–Crippen MR) is 78.9 cm³/mol. The molecule has 1 heterocycles. The van der Waals surface area contributed by atoms with Gasteiger partial charge in [-0.05, 0) is 25.1 Å². The van der Waals surface area contributed by atoms with E-state index in [1.54, 1.807) is 6.92 Å². The summed E-state index contributed by atoms with van der Waals surface area (Å²) in [6.45, 7) is 2.26. The number of piperazine rings is 1. The molecular weight excluding hydrogens is 327 g/mol. The molecule has 1 aliphatic heterocycles. The van der Waals surface area contributed by atoms with E-state index in [1.807, 2.05) is 0 Å². The van der Waals surface area contributed by atoms with Crippen LogP contribution in [0.4, 0.5) is 18.9 Å². The highest BCUT2D eigenvalue weighted by molar-refractivity contribution is 6.35. The minimum absolute atomic E-state index is 0.0270. The molecule has 1 aromatic rings. The predicted octanol–water partition coefficient (Wildman–Crippen LogP) is 1.33. The number of hydrogen-bond acceptors (Lipinski definition) is 3. The molecular formula is C15H16F3N3O3. The number of rotatable bonds is 4. The van der Waals surface area contributed by atoms with Crippen molar-refractivity contribution < 1.29 is 27.6 Å². The van der Waals surface area contributed by atoms with Crippen LogP contribution in [0.5, 0.6) is 0 Å². The summed E-state index contributed by atoms with van der Waals surface area (Å²) in [6.07, 6.45) is -4.51. The highest BCUT2D eigenvalue weighted by Crippen LogP contribution is 2.30. The molecule has 2 rings (SSSR count). The van der Waals surface area contributed by atoms with E-state index in [-0.39, 0.29) is 12.2 Å². The maximum atomic E-state index is 12.6. The lowest BCUT2D eigenvalue weighted by Crippen LogP contribution is -2.55. The van der Waals surface area contributed by atoms with E-state index in [9.17, 15) is 27.6 Å². The van der Waals surface area contributed by atoms with Crippen LogP contribution in [0.3, 0.4) is 0 Å². The van der Waals surface area contributed by atoms with Crippen molar-refractivity contribution in [3.8, 4) is 0 Å². The van der Waals surface area contributed by atoms with Crippen molar-refractivity contribution in [2.45, 2.75) is 13.1 Å². The standard InChI is InChI=1S/C15H16F3N3O3/c1-2-20-6-7-21(14(24)13(20)23)9-12(22)19-11-5-3-4-10(8-11)15(16,17)18/h3-5,8H,2,6-7,9H2,1H3,(H,19,22). The Morgan fingerprint density at radius 1 is 1.17 bits per heavy atom. The zero-order valence-electron chi connectivity index (χ0n) is 12.9. The molecule has 1 aromatic carbocycles. The third kappa shape index (κ3) is 4.03. The maximum Gasteiger partial charge on any atom is 0.416 e. The van der Waals surface area contributed by atoms with E-state index in [0.717, 1.165) is 17.0 Å². The molecule has 0 saturated carbocycles. The number of anilines is 1. The number of benzene rings is 1. The largest absolute Gasteiger partial charge is 0.416 e. The first-order chi connectivity index (χ1) is 11.2. The number of alkyl halides is 3. The number of nitrogens with one attached hydrogen (secondary N) is 1. The second-order valence-electron chi connectivity index (χ2n) is 5.24. The molecule has 24 heavy (non-hydrogen) atoms. The third-order valence-electron chi connectivity index (χ3n) is 3.59. The number of carbonyl (C=O) groups is 3. The highest BCUT2D eigenvalue weighted by Gasteiger charge is 2.33. The molecule has 0 aromatic heterocycles. The molecule has 0 bridgehead atoms. The van der Waals surface area contributed by atoms with Crippen LogP contribution in [-0.4, -0.2) is 53.7 Å². The summed E-state index contributed by atoms with van der Waals surface area (Å²) >= 11 is 0. The number of nitrogens with zero attached hydrogens (tertiary/aromatic N) is 2. The number of hydrogen-bond donors (Lipinski definition) is 1. The molecule has 0 aliphatic carbocycles. The van der Waals surface area contributed by atoms with Gasteiger partial charge in [-0.1, -0.05) is 6.07 Å². The van der Waals surface area contributed by atoms with Gasteiger partial charge >= 0.3 is 18.0 Å². The Bertz CT molecular complexity index is 661. The average Bonchev–Trinajstić information content (AvgIpc) is 2.51. The summed E-state index contributed by atoms with van der Waals surface area (Å²) < 4.78 is 37.9. The van der Waals surface area contributed by atoms with Crippen LogP contribution < -0.4 is 5.32 Å². The fourth-order valence-electron chi connectivity index (χ4n) is 2.31. The van der Waals surface area contributed by atoms with E-state index in [4.69, 9.17) is 0 Å². The molecule has 1 fully saturated rings. The third-order valence-corrected chi connectivity index (χ3v) is 3.59. The fourth-order valence-corrected chi connectivity index (χ4v) is 2.31. The van der Waals surface area contributed by atoms with Crippen LogP contribution in [-0.2, 0) is 20.6 Å². The van der Waals surface area contributed by atoms with Crippen LogP contribution in [0.1, 0.15) is 12.5 Å². The summed E-state index contributed by atoms with van der Waals surface area (Å²) in [4.78, 5) is 38.0. The topological polar surface area (TPSA) is 69.7 Å². The van der Waals surface area contributed by atoms with Gasteiger partial charge in [-0.2, -0.15) is 13.2 Å². The molecule has 9 heteroatoms. The lowest BCUT2D eigenvalue weighted by molar-refractivity contribution is -0.156. The minimum Gasteiger partial charge on any atom is -0.333 e. The van der Waals surface area contributed by atoms with Crippen LogP contribution in [0, 0.1) is 0 Å². The second-order valence-corrected chi connectivity index (χ2v) is 5.24. The van der Waals surface area contributed by atoms with Crippen molar-refractivity contribution >= 4 is 23.4 Å². The monoisotopic (exact) mass is 343 g/mol. The van der Waals surface area contributed by atoms with Crippen molar-refractivity contribution in [1.29, 1.82) is 0 Å². The van der Waals surface area contributed by atoms with Crippen LogP contribution in [0.25, 0.3) is 0 Å². The maximum absolute atomic E-state index is 12.6. The van der Waals surface area contributed by atoms with E-state index >= 15 is 0 Å². The van der Waals surface area contributed by atoms with Gasteiger partial charge in [0.05, 0.1) is 5.56 Å². The van der Waals surface area contributed by atoms with Gasteiger partial charge in [-0.25, -0.2) is 0 Å². The minimum atomic E-state index is -4.51. The average molecular weight is 343 g/mol. The fraction of sp³-hybridized carbons (Fsp3) is 0.400. The van der Waals surface area contributed by atoms with Gasteiger partial charge in [0.1, 0.15) is 6.54 Å². The van der Waals surface area contributed by atoms with Gasteiger partial charge in [0.15, 0.2) is 0 Å². The van der Waals surface area contributed by atoms with Crippen molar-refractivity contribution in [2.24, 2.45) is 0 Å². The highest BCUT2D eigenvalue weighted by atomic mass is 19.4. The van der Waals surface area contributed by atoms with Gasteiger partial charge in [0.25, 0.3) is 0 Å². The summed E-state index contributed by atoms with van der Waals surface area (Å²) in [5.74, 6) is -2.14. The van der Waals surface area contributed by atoms with E-state index in [1.165, 1.54) is 17.0 Å². The molecule has 0 spiro atoms. The van der Waals surface area contributed by atoms with Gasteiger partial charge < -0.3 is 15.1 Å². The van der Waals surface area contributed by atoms with E-state index in [0.29, 0.717) is 13.1 Å². The molecule has 1 saturated heterocycles. The molecule has 3 amide bonds. The molecule has 0 atom stereocenters. The van der Waals surface area contributed by atoms with Crippen LogP contribution in [0.15, 0.2) is 24.3 Å². The van der Waals surface area contributed by atoms with Crippen LogP contribution >= 0.6 is 0 Å². The van der Waals surface area contributed by atoms with Gasteiger partial charge in [-0.3, -0.25) is 14.4 Å².